The number of aliphatic hydroxyl groups is 1. The van der Waals surface area contributed by atoms with Crippen molar-refractivity contribution in [3.8, 4) is 0 Å². The zero-order valence-electron chi connectivity index (χ0n) is 17.9. The van der Waals surface area contributed by atoms with Crippen molar-refractivity contribution in [1.29, 1.82) is 0 Å². The van der Waals surface area contributed by atoms with E-state index in [4.69, 9.17) is 4.74 Å². The number of aliphatic hydroxyl groups excluding tert-OH is 1. The van der Waals surface area contributed by atoms with Gasteiger partial charge in [-0.2, -0.15) is 18.2 Å². The number of hydrogen-bond donors (Lipinski definition) is 2. The monoisotopic (exact) mass is 494 g/mol. The molecule has 1 amide bonds. The molecule has 2 aliphatic heterocycles. The van der Waals surface area contributed by atoms with Crippen LogP contribution in [0.25, 0.3) is 10.3 Å². The SMILES string of the molecule is O=C(Nc1cc2sc(N3CCOCC3)nc2nc1C(F)(F)F)c1cccc(N2CCC(O)C2)n1. The number of pyridine rings is 2. The summed E-state index contributed by atoms with van der Waals surface area (Å²) in [6, 6.07) is 5.97. The predicted molar refractivity (Wildman–Crippen MR) is 120 cm³/mol. The second-order valence-electron chi connectivity index (χ2n) is 8.02. The van der Waals surface area contributed by atoms with Crippen molar-refractivity contribution in [1.82, 2.24) is 15.0 Å². The number of anilines is 3. The maximum absolute atomic E-state index is 13.8. The molecule has 2 aliphatic rings. The van der Waals surface area contributed by atoms with Gasteiger partial charge in [0, 0.05) is 26.2 Å². The van der Waals surface area contributed by atoms with Gasteiger partial charge in [-0.3, -0.25) is 4.79 Å². The quantitative estimate of drug-likeness (QED) is 0.571. The summed E-state index contributed by atoms with van der Waals surface area (Å²) in [7, 11) is 0. The molecule has 0 aliphatic carbocycles. The van der Waals surface area contributed by atoms with E-state index in [2.05, 4.69) is 20.3 Å². The zero-order valence-corrected chi connectivity index (χ0v) is 18.7. The highest BCUT2D eigenvalue weighted by molar-refractivity contribution is 7.22. The highest BCUT2D eigenvalue weighted by Gasteiger charge is 2.37. The van der Waals surface area contributed by atoms with Crippen LogP contribution >= 0.6 is 11.3 Å². The number of nitrogens with zero attached hydrogens (tertiary/aromatic N) is 5. The lowest BCUT2D eigenvalue weighted by Gasteiger charge is -2.25. The van der Waals surface area contributed by atoms with Gasteiger partial charge in [-0.05, 0) is 24.6 Å². The smallest absolute Gasteiger partial charge is 0.391 e. The maximum atomic E-state index is 13.8. The van der Waals surface area contributed by atoms with Crippen molar-refractivity contribution >= 4 is 44.2 Å². The first-order valence-electron chi connectivity index (χ1n) is 10.7. The number of alkyl halides is 3. The van der Waals surface area contributed by atoms with Crippen LogP contribution in [-0.4, -0.2) is 71.5 Å². The zero-order chi connectivity index (χ0) is 23.9. The number of thiazole rings is 1. The molecule has 2 fully saturated rings. The van der Waals surface area contributed by atoms with Crippen LogP contribution in [-0.2, 0) is 10.9 Å². The molecule has 34 heavy (non-hydrogen) atoms. The topological polar surface area (TPSA) is 104 Å². The Labute approximate surface area is 196 Å². The molecular weight excluding hydrogens is 473 g/mol. The van der Waals surface area contributed by atoms with Crippen LogP contribution in [0.15, 0.2) is 24.3 Å². The van der Waals surface area contributed by atoms with E-state index in [1.165, 1.54) is 23.5 Å². The Balaban J connectivity index is 1.44. The summed E-state index contributed by atoms with van der Waals surface area (Å²) in [5, 5.41) is 12.6. The normalized spacial score (nSPS) is 19.1. The van der Waals surface area contributed by atoms with Gasteiger partial charge >= 0.3 is 6.18 Å². The maximum Gasteiger partial charge on any atom is 0.435 e. The van der Waals surface area contributed by atoms with Crippen LogP contribution in [0.2, 0.25) is 0 Å². The minimum Gasteiger partial charge on any atom is -0.391 e. The highest BCUT2D eigenvalue weighted by atomic mass is 32.1. The Morgan fingerprint density at radius 1 is 1.15 bits per heavy atom. The number of nitrogens with one attached hydrogen (secondary N) is 1. The Morgan fingerprint density at radius 3 is 2.65 bits per heavy atom. The summed E-state index contributed by atoms with van der Waals surface area (Å²) in [6.45, 7) is 3.17. The molecule has 1 unspecified atom stereocenters. The average Bonchev–Trinajstić information content (AvgIpc) is 3.44. The standard InChI is InChI=1S/C21H21F3N6O3S/c22-21(23,24)17-14(10-15-18(27-17)28-20(34-15)29-6-8-33-9-7-29)26-19(32)13-2-1-3-16(25-13)30-5-4-12(31)11-30/h1-3,10,12,31H,4-9,11H2,(H,26,32). The fourth-order valence-electron chi connectivity index (χ4n) is 3.92. The van der Waals surface area contributed by atoms with E-state index in [9.17, 15) is 23.1 Å². The third kappa shape index (κ3) is 4.63. The second-order valence-corrected chi connectivity index (χ2v) is 9.03. The number of rotatable bonds is 4. The molecule has 2 N–H and O–H groups in total. The molecule has 3 aromatic heterocycles. The number of β-amino-alcohol motifs (C(OH)–C–C–N with tert-alkyl or cyclic N) is 1. The van der Waals surface area contributed by atoms with Crippen LogP contribution in [0.3, 0.4) is 0 Å². The third-order valence-electron chi connectivity index (χ3n) is 5.62. The Kier molecular flexibility index (Phi) is 6.00. The molecule has 1 atom stereocenters. The number of amides is 1. The number of halogens is 3. The number of morpholine rings is 1. The average molecular weight is 494 g/mol. The van der Waals surface area contributed by atoms with E-state index >= 15 is 0 Å². The molecule has 0 bridgehead atoms. The molecule has 5 heterocycles. The molecule has 0 spiro atoms. The van der Waals surface area contributed by atoms with Gasteiger partial charge in [0.05, 0.1) is 29.7 Å². The lowest BCUT2D eigenvalue weighted by molar-refractivity contribution is -0.140. The van der Waals surface area contributed by atoms with E-state index in [1.54, 1.807) is 12.1 Å². The van der Waals surface area contributed by atoms with Crippen LogP contribution in [0.5, 0.6) is 0 Å². The van der Waals surface area contributed by atoms with Crippen LogP contribution in [0.1, 0.15) is 22.6 Å². The molecule has 0 radical (unpaired) electrons. The van der Waals surface area contributed by atoms with E-state index in [-0.39, 0.29) is 11.3 Å². The molecule has 180 valence electrons. The number of aromatic nitrogens is 3. The van der Waals surface area contributed by atoms with E-state index in [1.807, 2.05) is 9.80 Å². The van der Waals surface area contributed by atoms with Crippen molar-refractivity contribution in [2.45, 2.75) is 18.7 Å². The highest BCUT2D eigenvalue weighted by Crippen LogP contribution is 2.38. The van der Waals surface area contributed by atoms with Crippen molar-refractivity contribution in [2.75, 3.05) is 54.5 Å². The minimum absolute atomic E-state index is 0.0236. The molecule has 0 saturated carbocycles. The van der Waals surface area contributed by atoms with Crippen molar-refractivity contribution < 1.29 is 27.8 Å². The summed E-state index contributed by atoms with van der Waals surface area (Å²) >= 11 is 1.21. The van der Waals surface area contributed by atoms with Gasteiger partial charge in [0.1, 0.15) is 11.5 Å². The molecule has 2 saturated heterocycles. The van der Waals surface area contributed by atoms with E-state index in [0.717, 1.165) is 0 Å². The van der Waals surface area contributed by atoms with Crippen molar-refractivity contribution in [3.05, 3.63) is 35.7 Å². The summed E-state index contributed by atoms with van der Waals surface area (Å²) in [6.07, 6.45) is -4.69. The number of carbonyl (C=O) groups is 1. The van der Waals surface area contributed by atoms with Gasteiger partial charge in [-0.15, -0.1) is 0 Å². The van der Waals surface area contributed by atoms with E-state index in [0.29, 0.717) is 61.5 Å². The molecule has 0 aromatic carbocycles. The van der Waals surface area contributed by atoms with Crippen molar-refractivity contribution in [2.24, 2.45) is 0 Å². The molecule has 13 heteroatoms. The second kappa shape index (κ2) is 8.96. The summed E-state index contributed by atoms with van der Waals surface area (Å²) in [5.74, 6) is -0.308. The molecule has 9 nitrogen and oxygen atoms in total. The van der Waals surface area contributed by atoms with Gasteiger partial charge in [0.15, 0.2) is 16.5 Å². The summed E-state index contributed by atoms with van der Waals surface area (Å²) in [5.41, 5.74) is -1.73. The largest absolute Gasteiger partial charge is 0.435 e. The van der Waals surface area contributed by atoms with Gasteiger partial charge in [-0.25, -0.2) is 9.97 Å². The first-order chi connectivity index (χ1) is 16.3. The van der Waals surface area contributed by atoms with E-state index < -0.39 is 29.6 Å². The van der Waals surface area contributed by atoms with Gasteiger partial charge in [0.2, 0.25) is 0 Å². The number of ether oxygens (including phenoxy) is 1. The Bertz CT molecular complexity index is 1210. The minimum atomic E-state index is -4.79. The van der Waals surface area contributed by atoms with Crippen molar-refractivity contribution in [3.63, 3.8) is 0 Å². The summed E-state index contributed by atoms with van der Waals surface area (Å²) in [4.78, 5) is 28.9. The van der Waals surface area contributed by atoms with Gasteiger partial charge < -0.3 is 25.0 Å². The Morgan fingerprint density at radius 2 is 1.94 bits per heavy atom. The predicted octanol–water partition coefficient (Wildman–Crippen LogP) is 2.77. The molecular formula is C21H21F3N6O3S. The lowest BCUT2D eigenvalue weighted by atomic mass is 10.2. The Hall–Kier alpha value is -3.03. The fraction of sp³-hybridized carbons (Fsp3) is 0.429. The van der Waals surface area contributed by atoms with Crippen LogP contribution in [0, 0.1) is 0 Å². The van der Waals surface area contributed by atoms with Gasteiger partial charge in [0.25, 0.3) is 5.91 Å². The number of fused-ring (bicyclic) bond motifs is 1. The summed E-state index contributed by atoms with van der Waals surface area (Å²) < 4.78 is 47.1. The molecule has 5 rings (SSSR count). The number of hydrogen-bond acceptors (Lipinski definition) is 9. The first-order valence-corrected chi connectivity index (χ1v) is 11.5. The fourth-order valence-corrected chi connectivity index (χ4v) is 4.92. The van der Waals surface area contributed by atoms with Crippen LogP contribution in [0.4, 0.5) is 29.8 Å². The lowest BCUT2D eigenvalue weighted by Crippen LogP contribution is -2.36. The third-order valence-corrected chi connectivity index (χ3v) is 6.68. The van der Waals surface area contributed by atoms with Crippen LogP contribution < -0.4 is 15.1 Å². The van der Waals surface area contributed by atoms with Gasteiger partial charge in [-0.1, -0.05) is 17.4 Å². The first kappa shape index (κ1) is 22.7. The number of carbonyl (C=O) groups excluding carboxylic acids is 1. The molecule has 3 aromatic rings.